The molecule has 0 aliphatic rings. The number of carboxylic acids is 1. The van der Waals surface area contributed by atoms with E-state index in [1.54, 1.807) is 0 Å². The summed E-state index contributed by atoms with van der Waals surface area (Å²) in [7, 11) is 0. The lowest BCUT2D eigenvalue weighted by Crippen LogP contribution is -2.25. The molecule has 0 atom stereocenters. The number of carboxylic acid groups (broad SMARTS) is 1. The minimum absolute atomic E-state index is 0.00956. The van der Waals surface area contributed by atoms with E-state index >= 15 is 0 Å². The molecule has 2 N–H and O–H groups in total. The van der Waals surface area contributed by atoms with E-state index in [-0.39, 0.29) is 25.4 Å². The van der Waals surface area contributed by atoms with Crippen molar-refractivity contribution >= 4 is 17.8 Å². The zero-order valence-corrected chi connectivity index (χ0v) is 9.61. The van der Waals surface area contributed by atoms with Gasteiger partial charge < -0.3 is 15.2 Å². The van der Waals surface area contributed by atoms with Crippen molar-refractivity contribution in [2.45, 2.75) is 25.7 Å². The highest BCUT2D eigenvalue weighted by Gasteiger charge is 2.03. The Morgan fingerprint density at radius 2 is 1.94 bits per heavy atom. The van der Waals surface area contributed by atoms with Gasteiger partial charge in [0.05, 0.1) is 6.61 Å². The number of nitrogens with one attached hydrogen (secondary N) is 1. The molecule has 0 saturated heterocycles. The average molecular weight is 243 g/mol. The summed E-state index contributed by atoms with van der Waals surface area (Å²) < 4.78 is 4.70. The predicted octanol–water partition coefficient (Wildman–Crippen LogP) is 0.477. The van der Waals surface area contributed by atoms with Gasteiger partial charge in [-0.3, -0.25) is 9.59 Å². The Morgan fingerprint density at radius 1 is 1.24 bits per heavy atom. The first kappa shape index (κ1) is 15.2. The number of ether oxygens (including phenoxy) is 1. The molecule has 0 aliphatic heterocycles. The lowest BCUT2D eigenvalue weighted by atomic mass is 10.2. The molecule has 0 fully saturated rings. The summed E-state index contributed by atoms with van der Waals surface area (Å²) in [6.45, 7) is 3.87. The second-order valence-corrected chi connectivity index (χ2v) is 3.32. The Bertz CT molecular complexity index is 288. The van der Waals surface area contributed by atoms with Crippen molar-refractivity contribution in [1.82, 2.24) is 5.32 Å². The maximum Gasteiger partial charge on any atom is 0.330 e. The van der Waals surface area contributed by atoms with Crippen LogP contribution in [0, 0.1) is 0 Å². The zero-order chi connectivity index (χ0) is 13.1. The number of hydrogen-bond donors (Lipinski definition) is 2. The first-order chi connectivity index (χ1) is 8.06. The van der Waals surface area contributed by atoms with E-state index < -0.39 is 11.9 Å². The Balaban J connectivity index is 3.36. The van der Waals surface area contributed by atoms with Crippen LogP contribution in [0.2, 0.25) is 0 Å². The van der Waals surface area contributed by atoms with Gasteiger partial charge in [0.25, 0.3) is 0 Å². The third-order valence-electron chi connectivity index (χ3n) is 1.85. The number of hydrogen-bond acceptors (Lipinski definition) is 4. The first-order valence-corrected chi connectivity index (χ1v) is 5.34. The smallest absolute Gasteiger partial charge is 0.330 e. The highest BCUT2D eigenvalue weighted by atomic mass is 16.5. The fraction of sp³-hybridized carbons (Fsp3) is 0.545. The molecule has 0 spiro atoms. The number of carbonyl (C=O) groups is 3. The molecular weight excluding hydrogens is 226 g/mol. The summed E-state index contributed by atoms with van der Waals surface area (Å²) in [6.07, 6.45) is 2.10. The van der Waals surface area contributed by atoms with Crippen LogP contribution in [0.5, 0.6) is 0 Å². The highest BCUT2D eigenvalue weighted by molar-refractivity contribution is 5.81. The molecule has 0 saturated carbocycles. The standard InChI is InChI=1S/C11H17NO5/c1-2-11(16)17-8-4-7-12-9(13)5-3-6-10(14)15/h2H,1,3-8H2,(H,12,13)(H,14,15). The van der Waals surface area contributed by atoms with Gasteiger partial charge in [-0.1, -0.05) is 6.58 Å². The molecule has 0 bridgehead atoms. The fourth-order valence-electron chi connectivity index (χ4n) is 1.02. The number of esters is 1. The number of aliphatic carboxylic acids is 1. The van der Waals surface area contributed by atoms with Crippen molar-refractivity contribution in [3.63, 3.8) is 0 Å². The van der Waals surface area contributed by atoms with Gasteiger partial charge in [0.2, 0.25) is 5.91 Å². The summed E-state index contributed by atoms with van der Waals surface area (Å²) in [5, 5.41) is 11.0. The van der Waals surface area contributed by atoms with Crippen molar-refractivity contribution in [3.8, 4) is 0 Å². The van der Waals surface area contributed by atoms with Crippen LogP contribution in [0.4, 0.5) is 0 Å². The number of amides is 1. The maximum atomic E-state index is 11.1. The fourth-order valence-corrected chi connectivity index (χ4v) is 1.02. The van der Waals surface area contributed by atoms with Crippen LogP contribution < -0.4 is 5.32 Å². The monoisotopic (exact) mass is 243 g/mol. The van der Waals surface area contributed by atoms with Crippen molar-refractivity contribution in [2.24, 2.45) is 0 Å². The highest BCUT2D eigenvalue weighted by Crippen LogP contribution is 1.95. The lowest BCUT2D eigenvalue weighted by molar-refractivity contribution is -0.138. The third-order valence-corrected chi connectivity index (χ3v) is 1.85. The van der Waals surface area contributed by atoms with Crippen molar-refractivity contribution < 1.29 is 24.2 Å². The van der Waals surface area contributed by atoms with Gasteiger partial charge in [0.1, 0.15) is 0 Å². The van der Waals surface area contributed by atoms with Crippen LogP contribution in [0.25, 0.3) is 0 Å². The van der Waals surface area contributed by atoms with E-state index in [0.29, 0.717) is 19.4 Å². The SMILES string of the molecule is C=CC(=O)OCCCNC(=O)CCCC(=O)O. The van der Waals surface area contributed by atoms with E-state index in [9.17, 15) is 14.4 Å². The second-order valence-electron chi connectivity index (χ2n) is 3.32. The molecule has 6 heteroatoms. The average Bonchev–Trinajstić information content (AvgIpc) is 2.27. The van der Waals surface area contributed by atoms with Gasteiger partial charge in [-0.05, 0) is 12.8 Å². The summed E-state index contributed by atoms with van der Waals surface area (Å²) in [6, 6.07) is 0. The molecule has 0 aromatic rings. The molecule has 6 nitrogen and oxygen atoms in total. The van der Waals surface area contributed by atoms with Gasteiger partial charge in [0, 0.05) is 25.5 Å². The number of rotatable bonds is 9. The molecular formula is C11H17NO5. The van der Waals surface area contributed by atoms with Gasteiger partial charge in [-0.15, -0.1) is 0 Å². The minimum Gasteiger partial charge on any atom is -0.481 e. The Morgan fingerprint density at radius 3 is 2.53 bits per heavy atom. The van der Waals surface area contributed by atoms with E-state index in [1.807, 2.05) is 0 Å². The van der Waals surface area contributed by atoms with E-state index in [1.165, 1.54) is 0 Å². The lowest BCUT2D eigenvalue weighted by Gasteiger charge is -2.04. The second kappa shape index (κ2) is 9.38. The first-order valence-electron chi connectivity index (χ1n) is 5.34. The van der Waals surface area contributed by atoms with E-state index in [4.69, 9.17) is 9.84 Å². The normalized spacial score (nSPS) is 9.41. The third kappa shape index (κ3) is 10.4. The van der Waals surface area contributed by atoms with Crippen LogP contribution in [-0.2, 0) is 19.1 Å². The van der Waals surface area contributed by atoms with Crippen molar-refractivity contribution in [3.05, 3.63) is 12.7 Å². The van der Waals surface area contributed by atoms with Gasteiger partial charge in [-0.25, -0.2) is 4.79 Å². The van der Waals surface area contributed by atoms with Gasteiger partial charge >= 0.3 is 11.9 Å². The van der Waals surface area contributed by atoms with Crippen molar-refractivity contribution in [2.75, 3.05) is 13.2 Å². The van der Waals surface area contributed by atoms with Crippen LogP contribution in [-0.4, -0.2) is 36.1 Å². The van der Waals surface area contributed by atoms with Crippen LogP contribution in [0.15, 0.2) is 12.7 Å². The Labute approximate surface area is 99.6 Å². The molecule has 96 valence electrons. The molecule has 0 radical (unpaired) electrons. The van der Waals surface area contributed by atoms with E-state index in [2.05, 4.69) is 11.9 Å². The van der Waals surface area contributed by atoms with Crippen molar-refractivity contribution in [1.29, 1.82) is 0 Å². The topological polar surface area (TPSA) is 92.7 Å². The molecule has 0 aliphatic carbocycles. The van der Waals surface area contributed by atoms with Crippen LogP contribution >= 0.6 is 0 Å². The summed E-state index contributed by atoms with van der Waals surface area (Å²) in [5.74, 6) is -1.59. The summed E-state index contributed by atoms with van der Waals surface area (Å²) in [4.78, 5) is 32.0. The molecule has 0 aromatic heterocycles. The Kier molecular flexibility index (Phi) is 8.36. The molecule has 0 unspecified atom stereocenters. The summed E-state index contributed by atoms with van der Waals surface area (Å²) >= 11 is 0. The maximum absolute atomic E-state index is 11.1. The zero-order valence-electron chi connectivity index (χ0n) is 9.61. The predicted molar refractivity (Wildman–Crippen MR) is 60.3 cm³/mol. The van der Waals surface area contributed by atoms with E-state index in [0.717, 1.165) is 6.08 Å². The number of carbonyl (C=O) groups excluding carboxylic acids is 2. The van der Waals surface area contributed by atoms with Crippen LogP contribution in [0.1, 0.15) is 25.7 Å². The molecule has 1 amide bonds. The molecule has 0 aromatic carbocycles. The van der Waals surface area contributed by atoms with Gasteiger partial charge in [0.15, 0.2) is 0 Å². The molecule has 17 heavy (non-hydrogen) atoms. The Hall–Kier alpha value is -1.85. The molecule has 0 heterocycles. The largest absolute Gasteiger partial charge is 0.481 e. The van der Waals surface area contributed by atoms with Gasteiger partial charge in [-0.2, -0.15) is 0 Å². The molecule has 0 rings (SSSR count). The van der Waals surface area contributed by atoms with Crippen LogP contribution in [0.3, 0.4) is 0 Å². The minimum atomic E-state index is -0.908. The summed E-state index contributed by atoms with van der Waals surface area (Å²) in [5.41, 5.74) is 0. The quantitative estimate of drug-likeness (QED) is 0.349.